The van der Waals surface area contributed by atoms with Crippen LogP contribution in [0.1, 0.15) is 48.6 Å². The molecule has 1 atom stereocenters. The molecule has 0 unspecified atom stereocenters. The number of ether oxygens (including phenoxy) is 2. The maximum absolute atomic E-state index is 13.8. The number of aliphatic carboxylic acids is 1. The molecule has 32 heavy (non-hydrogen) atoms. The molecule has 10 heteroatoms. The van der Waals surface area contributed by atoms with Crippen molar-refractivity contribution in [3.8, 4) is 0 Å². The van der Waals surface area contributed by atoms with Crippen LogP contribution in [0.4, 0.5) is 22.4 Å². The molecule has 0 aliphatic carbocycles. The number of carboxylic acid groups (broad SMARTS) is 1. The van der Waals surface area contributed by atoms with Gasteiger partial charge in [0.1, 0.15) is 12.4 Å². The van der Waals surface area contributed by atoms with Gasteiger partial charge in [-0.2, -0.15) is 13.2 Å². The molecule has 0 aromatic heterocycles. The Morgan fingerprint density at radius 3 is 2.44 bits per heavy atom. The summed E-state index contributed by atoms with van der Waals surface area (Å²) < 4.78 is 62.1. The summed E-state index contributed by atoms with van der Waals surface area (Å²) in [7, 11) is 0. The van der Waals surface area contributed by atoms with Gasteiger partial charge in [-0.15, -0.1) is 0 Å². The number of halogens is 4. The van der Waals surface area contributed by atoms with Gasteiger partial charge in [0.25, 0.3) is 0 Å². The van der Waals surface area contributed by atoms with Crippen molar-refractivity contribution >= 4 is 12.1 Å². The van der Waals surface area contributed by atoms with E-state index in [-0.39, 0.29) is 24.6 Å². The normalized spacial score (nSPS) is 12.5. The molecule has 2 aromatic carbocycles. The molecule has 0 aliphatic rings. The summed E-state index contributed by atoms with van der Waals surface area (Å²) in [6.07, 6.45) is -6.65. The number of carbonyl (C=O) groups excluding carboxylic acids is 1. The number of alkyl carbamates (subject to hydrolysis) is 1. The summed E-state index contributed by atoms with van der Waals surface area (Å²) in [5.74, 6) is -2.15. The number of carbonyl (C=O) groups is 2. The predicted molar refractivity (Wildman–Crippen MR) is 106 cm³/mol. The van der Waals surface area contributed by atoms with Crippen molar-refractivity contribution in [2.45, 2.75) is 51.8 Å². The standard InChI is InChI=1S/C22H23F4NO5/c1-13(2)32-19(10-20(28)29)15-5-3-4-14(8-15)11-27-21(30)31-12-16-6-7-17(9-18(16)23)22(24,25)26/h3-9,13,19H,10-12H2,1-2H3,(H,27,30)(H,28,29)/t19-/m0/s1. The number of benzene rings is 2. The van der Waals surface area contributed by atoms with Gasteiger partial charge in [-0.3, -0.25) is 4.79 Å². The third kappa shape index (κ3) is 7.84. The monoisotopic (exact) mass is 457 g/mol. The Morgan fingerprint density at radius 2 is 1.84 bits per heavy atom. The van der Waals surface area contributed by atoms with Crippen LogP contribution in [-0.4, -0.2) is 23.3 Å². The Labute approximate surface area is 182 Å². The number of amides is 1. The van der Waals surface area contributed by atoms with E-state index in [2.05, 4.69) is 5.32 Å². The summed E-state index contributed by atoms with van der Waals surface area (Å²) in [5.41, 5.74) is -0.0632. The minimum Gasteiger partial charge on any atom is -0.481 e. The summed E-state index contributed by atoms with van der Waals surface area (Å²) in [6, 6.07) is 8.75. The van der Waals surface area contributed by atoms with Crippen molar-refractivity contribution in [3.05, 3.63) is 70.5 Å². The maximum atomic E-state index is 13.8. The summed E-state index contributed by atoms with van der Waals surface area (Å²) >= 11 is 0. The number of carboxylic acids is 1. The molecule has 0 heterocycles. The van der Waals surface area contributed by atoms with Crippen LogP contribution in [0.5, 0.6) is 0 Å². The highest BCUT2D eigenvalue weighted by molar-refractivity contribution is 5.68. The lowest BCUT2D eigenvalue weighted by molar-refractivity contribution is -0.141. The van der Waals surface area contributed by atoms with E-state index in [0.29, 0.717) is 23.3 Å². The van der Waals surface area contributed by atoms with Gasteiger partial charge in [-0.25, -0.2) is 9.18 Å². The van der Waals surface area contributed by atoms with Crippen LogP contribution in [0.2, 0.25) is 0 Å². The van der Waals surface area contributed by atoms with Crippen molar-refractivity contribution in [3.63, 3.8) is 0 Å². The molecule has 0 saturated carbocycles. The van der Waals surface area contributed by atoms with Crippen LogP contribution in [-0.2, 0) is 33.6 Å². The van der Waals surface area contributed by atoms with Crippen LogP contribution in [0.25, 0.3) is 0 Å². The SMILES string of the molecule is CC(C)O[C@@H](CC(=O)O)c1cccc(CNC(=O)OCc2ccc(C(F)(F)F)cc2F)c1. The van der Waals surface area contributed by atoms with Crippen LogP contribution >= 0.6 is 0 Å². The van der Waals surface area contributed by atoms with E-state index >= 15 is 0 Å². The number of nitrogens with one attached hydrogen (secondary N) is 1. The molecule has 1 amide bonds. The highest BCUT2D eigenvalue weighted by atomic mass is 19.4. The van der Waals surface area contributed by atoms with Crippen molar-refractivity contribution in [2.75, 3.05) is 0 Å². The summed E-state index contributed by atoms with van der Waals surface area (Å²) in [6.45, 7) is 3.06. The van der Waals surface area contributed by atoms with Gasteiger partial charge in [-0.05, 0) is 37.1 Å². The molecule has 0 spiro atoms. The fraction of sp³-hybridized carbons (Fsp3) is 0.364. The Morgan fingerprint density at radius 1 is 1.12 bits per heavy atom. The quantitative estimate of drug-likeness (QED) is 0.505. The first-order valence-electron chi connectivity index (χ1n) is 9.68. The lowest BCUT2D eigenvalue weighted by Gasteiger charge is -2.20. The van der Waals surface area contributed by atoms with Crippen molar-refractivity contribution in [2.24, 2.45) is 0 Å². The molecule has 0 radical (unpaired) electrons. The molecule has 174 valence electrons. The van der Waals surface area contributed by atoms with Crippen LogP contribution < -0.4 is 5.32 Å². The third-order valence-corrected chi connectivity index (χ3v) is 4.30. The molecular weight excluding hydrogens is 434 g/mol. The fourth-order valence-corrected chi connectivity index (χ4v) is 2.84. The first-order valence-corrected chi connectivity index (χ1v) is 9.68. The number of hydrogen-bond acceptors (Lipinski definition) is 4. The molecule has 0 fully saturated rings. The van der Waals surface area contributed by atoms with Gasteiger partial charge in [0, 0.05) is 12.1 Å². The van der Waals surface area contributed by atoms with Crippen molar-refractivity contribution < 1.29 is 41.7 Å². The molecular formula is C22H23F4NO5. The second-order valence-electron chi connectivity index (χ2n) is 7.25. The molecule has 2 N–H and O–H groups in total. The number of hydrogen-bond donors (Lipinski definition) is 2. The highest BCUT2D eigenvalue weighted by Crippen LogP contribution is 2.30. The summed E-state index contributed by atoms with van der Waals surface area (Å²) in [5, 5.41) is 11.5. The van der Waals surface area contributed by atoms with Gasteiger partial charge in [0.05, 0.1) is 24.2 Å². The van der Waals surface area contributed by atoms with E-state index in [1.54, 1.807) is 38.1 Å². The van der Waals surface area contributed by atoms with E-state index in [1.165, 1.54) is 0 Å². The Kier molecular flexibility index (Phi) is 8.59. The minimum atomic E-state index is -4.67. The fourth-order valence-electron chi connectivity index (χ4n) is 2.84. The van der Waals surface area contributed by atoms with Gasteiger partial charge in [-0.1, -0.05) is 30.3 Å². The van der Waals surface area contributed by atoms with Crippen molar-refractivity contribution in [1.29, 1.82) is 0 Å². The van der Waals surface area contributed by atoms with Gasteiger partial charge >= 0.3 is 18.2 Å². The maximum Gasteiger partial charge on any atom is 0.416 e. The first kappa shape index (κ1) is 25.1. The zero-order chi connectivity index (χ0) is 23.9. The lowest BCUT2D eigenvalue weighted by Crippen LogP contribution is -2.24. The van der Waals surface area contributed by atoms with E-state index < -0.39 is 42.3 Å². The van der Waals surface area contributed by atoms with Crippen LogP contribution in [0, 0.1) is 5.82 Å². The molecule has 0 aliphatic heterocycles. The average molecular weight is 457 g/mol. The second kappa shape index (κ2) is 10.9. The Bertz CT molecular complexity index is 946. The minimum absolute atomic E-state index is 0.0314. The zero-order valence-electron chi connectivity index (χ0n) is 17.4. The average Bonchev–Trinajstić information content (AvgIpc) is 2.69. The number of alkyl halides is 3. The van der Waals surface area contributed by atoms with Crippen LogP contribution in [0.15, 0.2) is 42.5 Å². The first-order chi connectivity index (χ1) is 15.0. The van der Waals surface area contributed by atoms with Gasteiger partial charge < -0.3 is 19.9 Å². The second-order valence-corrected chi connectivity index (χ2v) is 7.25. The van der Waals surface area contributed by atoms with E-state index in [4.69, 9.17) is 14.6 Å². The molecule has 2 aromatic rings. The Hall–Kier alpha value is -3.14. The highest BCUT2D eigenvalue weighted by Gasteiger charge is 2.31. The molecule has 0 bridgehead atoms. The van der Waals surface area contributed by atoms with Gasteiger partial charge in [0.15, 0.2) is 0 Å². The zero-order valence-corrected chi connectivity index (χ0v) is 17.4. The molecule has 6 nitrogen and oxygen atoms in total. The Balaban J connectivity index is 1.94. The predicted octanol–water partition coefficient (Wildman–Crippen LogP) is 5.21. The van der Waals surface area contributed by atoms with Crippen molar-refractivity contribution in [1.82, 2.24) is 5.32 Å². The van der Waals surface area contributed by atoms with E-state index in [0.717, 1.165) is 6.07 Å². The largest absolute Gasteiger partial charge is 0.481 e. The van der Waals surface area contributed by atoms with E-state index in [9.17, 15) is 27.2 Å². The topological polar surface area (TPSA) is 84.9 Å². The summed E-state index contributed by atoms with van der Waals surface area (Å²) in [4.78, 5) is 23.0. The smallest absolute Gasteiger partial charge is 0.416 e. The van der Waals surface area contributed by atoms with Gasteiger partial charge in [0.2, 0.25) is 0 Å². The molecule has 2 rings (SSSR count). The third-order valence-electron chi connectivity index (χ3n) is 4.30. The molecule has 0 saturated heterocycles. The lowest BCUT2D eigenvalue weighted by atomic mass is 10.0. The van der Waals surface area contributed by atoms with Crippen LogP contribution in [0.3, 0.4) is 0 Å². The van der Waals surface area contributed by atoms with E-state index in [1.807, 2.05) is 0 Å². The number of rotatable bonds is 9.